The van der Waals surface area contributed by atoms with Crippen LogP contribution in [0.2, 0.25) is 0 Å². The quantitative estimate of drug-likeness (QED) is 0.881. The molecule has 0 fully saturated rings. The molecule has 1 aromatic carbocycles. The number of nitrogens with one attached hydrogen (secondary N) is 1. The second-order valence-electron chi connectivity index (χ2n) is 4.85. The van der Waals surface area contributed by atoms with Crippen molar-refractivity contribution in [2.24, 2.45) is 0 Å². The summed E-state index contributed by atoms with van der Waals surface area (Å²) in [7, 11) is 0. The molecule has 2 rings (SSSR count). The summed E-state index contributed by atoms with van der Waals surface area (Å²) in [5.41, 5.74) is 2.52. The molecule has 19 heavy (non-hydrogen) atoms. The van der Waals surface area contributed by atoms with Crippen molar-refractivity contribution < 1.29 is 0 Å². The lowest BCUT2D eigenvalue weighted by atomic mass is 10.1. The van der Waals surface area contributed by atoms with E-state index in [9.17, 15) is 0 Å². The van der Waals surface area contributed by atoms with E-state index in [0.717, 1.165) is 28.1 Å². The van der Waals surface area contributed by atoms with Gasteiger partial charge in [0, 0.05) is 21.9 Å². The first-order valence-corrected chi connectivity index (χ1v) is 8.06. The van der Waals surface area contributed by atoms with E-state index in [-0.39, 0.29) is 0 Å². The molecule has 0 aliphatic heterocycles. The highest BCUT2D eigenvalue weighted by atomic mass is 79.9. The van der Waals surface area contributed by atoms with Crippen molar-refractivity contribution in [2.75, 3.05) is 0 Å². The van der Waals surface area contributed by atoms with Crippen LogP contribution < -0.4 is 5.32 Å². The molecule has 2 aromatic rings. The molecule has 1 heterocycles. The Morgan fingerprint density at radius 2 is 1.95 bits per heavy atom. The van der Waals surface area contributed by atoms with E-state index in [4.69, 9.17) is 0 Å². The lowest BCUT2D eigenvalue weighted by Gasteiger charge is -2.13. The Morgan fingerprint density at radius 3 is 2.53 bits per heavy atom. The maximum absolute atomic E-state index is 4.46. The van der Waals surface area contributed by atoms with E-state index in [1.165, 1.54) is 10.4 Å². The van der Waals surface area contributed by atoms with Crippen molar-refractivity contribution in [3.63, 3.8) is 0 Å². The van der Waals surface area contributed by atoms with E-state index in [1.807, 2.05) is 0 Å². The molecule has 4 heteroatoms. The zero-order valence-corrected chi connectivity index (χ0v) is 13.9. The van der Waals surface area contributed by atoms with E-state index in [0.29, 0.717) is 6.04 Å². The molecule has 0 bridgehead atoms. The Kier molecular flexibility index (Phi) is 5.13. The first-order valence-electron chi connectivity index (χ1n) is 6.45. The molecule has 0 aliphatic carbocycles. The summed E-state index contributed by atoms with van der Waals surface area (Å²) in [6, 6.07) is 9.00. The van der Waals surface area contributed by atoms with Gasteiger partial charge in [-0.1, -0.05) is 28.1 Å². The zero-order valence-electron chi connectivity index (χ0n) is 11.5. The van der Waals surface area contributed by atoms with Crippen LogP contribution in [0.4, 0.5) is 0 Å². The number of aryl methyl sites for hydroxylation is 2. The molecule has 0 aliphatic rings. The predicted octanol–water partition coefficient (Wildman–Crippen LogP) is 4.24. The molecule has 102 valence electrons. The van der Waals surface area contributed by atoms with Crippen LogP contribution in [0.5, 0.6) is 0 Å². The predicted molar refractivity (Wildman–Crippen MR) is 85.7 cm³/mol. The molecule has 0 spiro atoms. The Hall–Kier alpha value is -0.710. The summed E-state index contributed by atoms with van der Waals surface area (Å²) in [5.74, 6) is 0. The lowest BCUT2D eigenvalue weighted by Crippen LogP contribution is -2.27. The molecule has 1 unspecified atom stereocenters. The minimum atomic E-state index is 0.461. The van der Waals surface area contributed by atoms with Gasteiger partial charge in [0.25, 0.3) is 0 Å². The molecule has 0 saturated carbocycles. The number of hydrogen-bond acceptors (Lipinski definition) is 3. The SMILES string of the molecule is Cc1nc(C)c(CNC(C)Cc2ccc(Br)cc2)s1. The van der Waals surface area contributed by atoms with E-state index in [1.54, 1.807) is 11.3 Å². The number of hydrogen-bond donors (Lipinski definition) is 1. The maximum Gasteiger partial charge on any atom is 0.0900 e. The number of aromatic nitrogens is 1. The minimum Gasteiger partial charge on any atom is -0.309 e. The van der Waals surface area contributed by atoms with Crippen molar-refractivity contribution >= 4 is 27.3 Å². The number of benzene rings is 1. The van der Waals surface area contributed by atoms with Crippen LogP contribution in [0.1, 0.15) is 28.1 Å². The van der Waals surface area contributed by atoms with Crippen molar-refractivity contribution in [1.29, 1.82) is 0 Å². The number of thiazole rings is 1. The zero-order chi connectivity index (χ0) is 13.8. The maximum atomic E-state index is 4.46. The van der Waals surface area contributed by atoms with Gasteiger partial charge >= 0.3 is 0 Å². The van der Waals surface area contributed by atoms with Crippen LogP contribution in [0.25, 0.3) is 0 Å². The van der Waals surface area contributed by atoms with Crippen LogP contribution in [-0.4, -0.2) is 11.0 Å². The molecular weight excluding hydrogens is 320 g/mol. The Morgan fingerprint density at radius 1 is 1.26 bits per heavy atom. The minimum absolute atomic E-state index is 0.461. The molecule has 0 amide bonds. The largest absolute Gasteiger partial charge is 0.309 e. The molecule has 1 N–H and O–H groups in total. The first kappa shape index (κ1) is 14.7. The van der Waals surface area contributed by atoms with Gasteiger partial charge in [0.2, 0.25) is 0 Å². The molecule has 0 radical (unpaired) electrons. The summed E-state index contributed by atoms with van der Waals surface area (Å²) >= 11 is 5.25. The highest BCUT2D eigenvalue weighted by Gasteiger charge is 2.07. The fourth-order valence-corrected chi connectivity index (χ4v) is 3.20. The lowest BCUT2D eigenvalue weighted by molar-refractivity contribution is 0.547. The molecule has 1 atom stereocenters. The van der Waals surface area contributed by atoms with Crippen LogP contribution in [0.15, 0.2) is 28.7 Å². The molecule has 1 aromatic heterocycles. The van der Waals surface area contributed by atoms with Gasteiger partial charge in [-0.25, -0.2) is 4.98 Å². The van der Waals surface area contributed by atoms with Crippen LogP contribution in [0, 0.1) is 13.8 Å². The van der Waals surface area contributed by atoms with Gasteiger partial charge in [0.05, 0.1) is 10.7 Å². The Balaban J connectivity index is 1.86. The fraction of sp³-hybridized carbons (Fsp3) is 0.400. The van der Waals surface area contributed by atoms with E-state index >= 15 is 0 Å². The van der Waals surface area contributed by atoms with Crippen molar-refractivity contribution in [3.05, 3.63) is 49.9 Å². The second-order valence-corrected chi connectivity index (χ2v) is 7.06. The van der Waals surface area contributed by atoms with Gasteiger partial charge in [0.1, 0.15) is 0 Å². The third kappa shape index (κ3) is 4.41. The molecule has 0 saturated heterocycles. The normalized spacial score (nSPS) is 12.6. The van der Waals surface area contributed by atoms with E-state index < -0.39 is 0 Å². The number of rotatable bonds is 5. The van der Waals surface area contributed by atoms with Crippen molar-refractivity contribution in [3.8, 4) is 0 Å². The Bertz CT molecular complexity index is 534. The van der Waals surface area contributed by atoms with Crippen LogP contribution in [-0.2, 0) is 13.0 Å². The third-order valence-electron chi connectivity index (χ3n) is 3.07. The smallest absolute Gasteiger partial charge is 0.0900 e. The van der Waals surface area contributed by atoms with Gasteiger partial charge in [-0.05, 0) is 44.9 Å². The molecule has 2 nitrogen and oxygen atoms in total. The van der Waals surface area contributed by atoms with Gasteiger partial charge in [-0.15, -0.1) is 11.3 Å². The van der Waals surface area contributed by atoms with Gasteiger partial charge in [0.15, 0.2) is 0 Å². The van der Waals surface area contributed by atoms with E-state index in [2.05, 4.69) is 71.3 Å². The molecular formula is C15H19BrN2S. The summed E-state index contributed by atoms with van der Waals surface area (Å²) < 4.78 is 1.13. The summed E-state index contributed by atoms with van der Waals surface area (Å²) in [5, 5.41) is 4.72. The first-order chi connectivity index (χ1) is 9.04. The number of nitrogens with zero attached hydrogens (tertiary/aromatic N) is 1. The topological polar surface area (TPSA) is 24.9 Å². The summed E-state index contributed by atoms with van der Waals surface area (Å²) in [4.78, 5) is 5.80. The highest BCUT2D eigenvalue weighted by molar-refractivity contribution is 9.10. The summed E-state index contributed by atoms with van der Waals surface area (Å²) in [6.07, 6.45) is 1.05. The monoisotopic (exact) mass is 338 g/mol. The average Bonchev–Trinajstić information content (AvgIpc) is 2.68. The standard InChI is InChI=1S/C15H19BrN2S/c1-10(8-13-4-6-14(16)7-5-13)17-9-15-11(2)18-12(3)19-15/h4-7,10,17H,8-9H2,1-3H3. The number of halogens is 1. The summed E-state index contributed by atoms with van der Waals surface area (Å²) in [6.45, 7) is 7.28. The van der Waals surface area contributed by atoms with Gasteiger partial charge in [-0.3, -0.25) is 0 Å². The highest BCUT2D eigenvalue weighted by Crippen LogP contribution is 2.17. The fourth-order valence-electron chi connectivity index (χ4n) is 2.05. The van der Waals surface area contributed by atoms with Crippen LogP contribution >= 0.6 is 27.3 Å². The third-order valence-corrected chi connectivity index (χ3v) is 4.67. The van der Waals surface area contributed by atoms with Crippen molar-refractivity contribution in [1.82, 2.24) is 10.3 Å². The van der Waals surface area contributed by atoms with Crippen molar-refractivity contribution in [2.45, 2.75) is 39.8 Å². The second kappa shape index (κ2) is 6.64. The Labute approximate surface area is 127 Å². The van der Waals surface area contributed by atoms with Crippen LogP contribution in [0.3, 0.4) is 0 Å². The average molecular weight is 339 g/mol. The van der Waals surface area contributed by atoms with Gasteiger partial charge in [-0.2, -0.15) is 0 Å². The van der Waals surface area contributed by atoms with Gasteiger partial charge < -0.3 is 5.32 Å².